The molecule has 0 aliphatic carbocycles. The van der Waals surface area contributed by atoms with Crippen molar-refractivity contribution in [1.29, 1.82) is 0 Å². The molecule has 0 aromatic heterocycles. The average molecular weight is 301 g/mol. The average Bonchev–Trinajstić information content (AvgIpc) is 2.54. The highest BCUT2D eigenvalue weighted by Gasteiger charge is 2.25. The van der Waals surface area contributed by atoms with Crippen LogP contribution >= 0.6 is 12.2 Å². The van der Waals surface area contributed by atoms with Crippen molar-refractivity contribution in [3.05, 3.63) is 0 Å². The zero-order valence-corrected chi connectivity index (χ0v) is 13.4. The number of thiocarbonyl (C=S) groups is 1. The molecular weight excluding hydrogens is 274 g/mol. The molecule has 1 aliphatic heterocycles. The Labute approximate surface area is 127 Å². The zero-order valence-electron chi connectivity index (χ0n) is 12.6. The molecule has 0 aromatic rings. The SMILES string of the molecule is CN(CCC(N)=S)C(=O)CCN1CCCC(C)(O)CC1. The van der Waals surface area contributed by atoms with Gasteiger partial charge in [-0.15, -0.1) is 0 Å². The summed E-state index contributed by atoms with van der Waals surface area (Å²) in [6, 6.07) is 0. The van der Waals surface area contributed by atoms with Gasteiger partial charge in [0.15, 0.2) is 0 Å². The predicted octanol–water partition coefficient (Wildman–Crippen LogP) is 0.748. The van der Waals surface area contributed by atoms with E-state index >= 15 is 0 Å². The van der Waals surface area contributed by atoms with Gasteiger partial charge in [-0.2, -0.15) is 0 Å². The summed E-state index contributed by atoms with van der Waals surface area (Å²) in [5.74, 6) is 0.122. The summed E-state index contributed by atoms with van der Waals surface area (Å²) in [4.78, 5) is 16.4. The Morgan fingerprint density at radius 2 is 2.10 bits per heavy atom. The third-order valence-corrected chi connectivity index (χ3v) is 4.12. The Balaban J connectivity index is 2.28. The minimum atomic E-state index is -0.549. The summed E-state index contributed by atoms with van der Waals surface area (Å²) in [6.07, 6.45) is 3.68. The van der Waals surface area contributed by atoms with Gasteiger partial charge < -0.3 is 20.6 Å². The number of nitrogens with zero attached hydrogens (tertiary/aromatic N) is 2. The molecule has 0 bridgehead atoms. The lowest BCUT2D eigenvalue weighted by Gasteiger charge is -2.23. The molecule has 116 valence electrons. The lowest BCUT2D eigenvalue weighted by molar-refractivity contribution is -0.130. The number of likely N-dealkylation sites (tertiary alicyclic amines) is 1. The molecule has 5 nitrogen and oxygen atoms in total. The number of nitrogens with two attached hydrogens (primary N) is 1. The summed E-state index contributed by atoms with van der Waals surface area (Å²) in [5.41, 5.74) is 4.89. The van der Waals surface area contributed by atoms with Gasteiger partial charge in [-0.05, 0) is 32.7 Å². The zero-order chi connectivity index (χ0) is 15.2. The van der Waals surface area contributed by atoms with Gasteiger partial charge in [-0.1, -0.05) is 12.2 Å². The van der Waals surface area contributed by atoms with Crippen LogP contribution in [0.3, 0.4) is 0 Å². The minimum Gasteiger partial charge on any atom is -0.393 e. The van der Waals surface area contributed by atoms with Gasteiger partial charge in [0.05, 0.1) is 10.6 Å². The van der Waals surface area contributed by atoms with Crippen LogP contribution in [0.2, 0.25) is 0 Å². The highest BCUT2D eigenvalue weighted by Crippen LogP contribution is 2.21. The molecule has 0 spiro atoms. The van der Waals surface area contributed by atoms with Crippen LogP contribution in [-0.4, -0.2) is 64.6 Å². The number of aliphatic hydroxyl groups is 1. The van der Waals surface area contributed by atoms with Crippen molar-refractivity contribution in [1.82, 2.24) is 9.80 Å². The van der Waals surface area contributed by atoms with E-state index in [0.717, 1.165) is 38.9 Å². The van der Waals surface area contributed by atoms with Crippen LogP contribution in [0.4, 0.5) is 0 Å². The van der Waals surface area contributed by atoms with Gasteiger partial charge >= 0.3 is 0 Å². The second kappa shape index (κ2) is 7.90. The first-order valence-corrected chi connectivity index (χ1v) is 7.68. The van der Waals surface area contributed by atoms with E-state index in [-0.39, 0.29) is 5.91 Å². The molecule has 0 aromatic carbocycles. The quantitative estimate of drug-likeness (QED) is 0.709. The van der Waals surface area contributed by atoms with Gasteiger partial charge in [-0.3, -0.25) is 4.79 Å². The third kappa shape index (κ3) is 6.63. The van der Waals surface area contributed by atoms with Crippen LogP contribution in [-0.2, 0) is 4.79 Å². The van der Waals surface area contributed by atoms with Crippen LogP contribution in [0.1, 0.15) is 39.0 Å². The molecule has 1 saturated heterocycles. The second-order valence-corrected chi connectivity index (χ2v) is 6.50. The smallest absolute Gasteiger partial charge is 0.223 e. The molecule has 1 unspecified atom stereocenters. The summed E-state index contributed by atoms with van der Waals surface area (Å²) >= 11 is 4.81. The van der Waals surface area contributed by atoms with Gasteiger partial charge in [0.25, 0.3) is 0 Å². The monoisotopic (exact) mass is 301 g/mol. The Kier molecular flexibility index (Phi) is 6.85. The van der Waals surface area contributed by atoms with Gasteiger partial charge in [-0.25, -0.2) is 0 Å². The Hall–Kier alpha value is -0.720. The molecule has 6 heteroatoms. The normalized spacial score (nSPS) is 24.1. The van der Waals surface area contributed by atoms with E-state index < -0.39 is 5.60 Å². The second-order valence-electron chi connectivity index (χ2n) is 5.97. The summed E-state index contributed by atoms with van der Waals surface area (Å²) in [6.45, 7) is 5.05. The van der Waals surface area contributed by atoms with E-state index in [9.17, 15) is 9.90 Å². The first-order valence-electron chi connectivity index (χ1n) is 7.27. The van der Waals surface area contributed by atoms with Crippen LogP contribution in [0.25, 0.3) is 0 Å². The molecule has 1 heterocycles. The molecule has 0 radical (unpaired) electrons. The Morgan fingerprint density at radius 1 is 1.40 bits per heavy atom. The predicted molar refractivity (Wildman–Crippen MR) is 84.6 cm³/mol. The van der Waals surface area contributed by atoms with Crippen molar-refractivity contribution < 1.29 is 9.90 Å². The third-order valence-electron chi connectivity index (χ3n) is 3.92. The van der Waals surface area contributed by atoms with Crippen molar-refractivity contribution in [3.8, 4) is 0 Å². The fourth-order valence-corrected chi connectivity index (χ4v) is 2.48. The van der Waals surface area contributed by atoms with E-state index in [1.165, 1.54) is 0 Å². The number of hydrogen-bond donors (Lipinski definition) is 2. The lowest BCUT2D eigenvalue weighted by Crippen LogP contribution is -2.34. The topological polar surface area (TPSA) is 69.8 Å². The first-order chi connectivity index (χ1) is 9.30. The molecule has 3 N–H and O–H groups in total. The van der Waals surface area contributed by atoms with Crippen molar-refractivity contribution in [3.63, 3.8) is 0 Å². The fourth-order valence-electron chi connectivity index (χ4n) is 2.39. The van der Waals surface area contributed by atoms with E-state index in [1.807, 2.05) is 6.92 Å². The standard InChI is InChI=1S/C14H27N3O2S/c1-14(19)6-3-8-17(11-7-14)10-5-13(18)16(2)9-4-12(15)20/h19H,3-11H2,1-2H3,(H2,15,20). The highest BCUT2D eigenvalue weighted by atomic mass is 32.1. The molecule has 1 atom stereocenters. The van der Waals surface area contributed by atoms with Crippen LogP contribution < -0.4 is 5.73 Å². The van der Waals surface area contributed by atoms with Gasteiger partial charge in [0, 0.05) is 39.5 Å². The maximum absolute atomic E-state index is 12.0. The van der Waals surface area contributed by atoms with Crippen molar-refractivity contribution in [2.45, 2.75) is 44.6 Å². The van der Waals surface area contributed by atoms with Gasteiger partial charge in [0.1, 0.15) is 0 Å². The number of carbonyl (C=O) groups is 1. The Bertz CT molecular complexity index is 347. The molecule has 1 aliphatic rings. The Morgan fingerprint density at radius 3 is 2.75 bits per heavy atom. The highest BCUT2D eigenvalue weighted by molar-refractivity contribution is 7.80. The van der Waals surface area contributed by atoms with Crippen molar-refractivity contribution in [2.24, 2.45) is 5.73 Å². The summed E-state index contributed by atoms with van der Waals surface area (Å²) in [7, 11) is 1.79. The van der Waals surface area contributed by atoms with Crippen molar-refractivity contribution >= 4 is 23.1 Å². The molecule has 1 fully saturated rings. The molecule has 20 heavy (non-hydrogen) atoms. The largest absolute Gasteiger partial charge is 0.393 e. The maximum Gasteiger partial charge on any atom is 0.223 e. The van der Waals surface area contributed by atoms with Crippen LogP contribution in [0.15, 0.2) is 0 Å². The summed E-state index contributed by atoms with van der Waals surface area (Å²) in [5, 5.41) is 10.0. The number of carbonyl (C=O) groups excluding carboxylic acids is 1. The fraction of sp³-hybridized carbons (Fsp3) is 0.857. The van der Waals surface area contributed by atoms with Crippen LogP contribution in [0, 0.1) is 0 Å². The van der Waals surface area contributed by atoms with E-state index in [0.29, 0.717) is 24.4 Å². The maximum atomic E-state index is 12.0. The van der Waals surface area contributed by atoms with Gasteiger partial charge in [0.2, 0.25) is 5.91 Å². The number of rotatable bonds is 6. The molecular formula is C14H27N3O2S. The molecule has 1 amide bonds. The van der Waals surface area contributed by atoms with E-state index in [4.69, 9.17) is 18.0 Å². The minimum absolute atomic E-state index is 0.122. The number of hydrogen-bond acceptors (Lipinski definition) is 4. The van der Waals surface area contributed by atoms with E-state index in [1.54, 1.807) is 11.9 Å². The van der Waals surface area contributed by atoms with Crippen molar-refractivity contribution in [2.75, 3.05) is 33.2 Å². The molecule has 0 saturated carbocycles. The lowest BCUT2D eigenvalue weighted by atomic mass is 9.98. The number of amides is 1. The molecule has 1 rings (SSSR count). The first kappa shape index (κ1) is 17.3. The van der Waals surface area contributed by atoms with Crippen LogP contribution in [0.5, 0.6) is 0 Å². The van der Waals surface area contributed by atoms with E-state index in [2.05, 4.69) is 4.90 Å². The summed E-state index contributed by atoms with van der Waals surface area (Å²) < 4.78 is 0.